The first-order valence-electron chi connectivity index (χ1n) is 7.29. The van der Waals surface area contributed by atoms with Gasteiger partial charge in [-0.05, 0) is 31.2 Å². The fourth-order valence-electron chi connectivity index (χ4n) is 1.94. The van der Waals surface area contributed by atoms with Gasteiger partial charge in [0.15, 0.2) is 6.10 Å². The minimum atomic E-state index is -1.01. The maximum atomic E-state index is 12.1. The number of anilines is 1. The topological polar surface area (TPSA) is 137 Å². The predicted octanol–water partition coefficient (Wildman–Crippen LogP) is 3.72. The molecule has 0 unspecified atom stereocenters. The average Bonchev–Trinajstić information content (AvgIpc) is 2.61. The highest BCUT2D eigenvalue weighted by molar-refractivity contribution is 6.35. The van der Waals surface area contributed by atoms with Crippen LogP contribution in [0.1, 0.15) is 6.92 Å². The number of hydrogen-bond acceptors (Lipinski definition) is 7. The molecular formula is C15H12Cl2N4O6. The summed E-state index contributed by atoms with van der Waals surface area (Å²) < 4.78 is 5.41. The first-order chi connectivity index (χ1) is 12.7. The largest absolute Gasteiger partial charge is 0.479 e. The SMILES string of the molecule is C[C@H](Oc1ccc(Cl)cc1Cl)C(=O)NNc1ccc([N+](=O)[O-])cc1[N+](=O)[O-]. The summed E-state index contributed by atoms with van der Waals surface area (Å²) in [5.74, 6) is -0.432. The van der Waals surface area contributed by atoms with Crippen molar-refractivity contribution in [3.8, 4) is 5.75 Å². The van der Waals surface area contributed by atoms with E-state index in [-0.39, 0.29) is 16.5 Å². The van der Waals surface area contributed by atoms with E-state index in [4.69, 9.17) is 27.9 Å². The van der Waals surface area contributed by atoms with Gasteiger partial charge in [0.1, 0.15) is 11.4 Å². The lowest BCUT2D eigenvalue weighted by Gasteiger charge is -2.16. The van der Waals surface area contributed by atoms with Crippen LogP contribution < -0.4 is 15.6 Å². The van der Waals surface area contributed by atoms with Crippen molar-refractivity contribution in [2.45, 2.75) is 13.0 Å². The van der Waals surface area contributed by atoms with E-state index >= 15 is 0 Å². The highest BCUT2D eigenvalue weighted by Crippen LogP contribution is 2.29. The van der Waals surface area contributed by atoms with Crippen molar-refractivity contribution in [3.63, 3.8) is 0 Å². The van der Waals surface area contributed by atoms with Gasteiger partial charge < -0.3 is 4.74 Å². The van der Waals surface area contributed by atoms with Crippen molar-refractivity contribution in [1.29, 1.82) is 0 Å². The highest BCUT2D eigenvalue weighted by atomic mass is 35.5. The second-order valence-electron chi connectivity index (χ2n) is 5.16. The Hall–Kier alpha value is -3.11. The van der Waals surface area contributed by atoms with Gasteiger partial charge in [0.05, 0.1) is 20.9 Å². The normalized spacial score (nSPS) is 11.4. The summed E-state index contributed by atoms with van der Waals surface area (Å²) in [4.78, 5) is 32.3. The van der Waals surface area contributed by atoms with Crippen LogP contribution in [-0.2, 0) is 4.79 Å². The summed E-state index contributed by atoms with van der Waals surface area (Å²) in [5, 5.41) is 22.4. The van der Waals surface area contributed by atoms with Crippen LogP contribution in [-0.4, -0.2) is 21.9 Å². The number of carbonyl (C=O) groups excluding carboxylic acids is 1. The van der Waals surface area contributed by atoms with Gasteiger partial charge in [-0.25, -0.2) is 0 Å². The minimum Gasteiger partial charge on any atom is -0.479 e. The predicted molar refractivity (Wildman–Crippen MR) is 98.1 cm³/mol. The lowest BCUT2D eigenvalue weighted by molar-refractivity contribution is -0.393. The first kappa shape index (κ1) is 20.2. The standard InChI is InChI=1S/C15H12Cl2N4O6/c1-8(27-14-5-2-9(16)6-11(14)17)15(22)19-18-12-4-3-10(20(23)24)7-13(12)21(25)26/h2-8,18H,1H3,(H,19,22)/t8-/m0/s1. The van der Waals surface area contributed by atoms with Crippen molar-refractivity contribution >= 4 is 46.2 Å². The molecule has 1 amide bonds. The Morgan fingerprint density at radius 1 is 1.11 bits per heavy atom. The van der Waals surface area contributed by atoms with Crippen LogP contribution in [0.5, 0.6) is 5.75 Å². The van der Waals surface area contributed by atoms with E-state index in [9.17, 15) is 25.0 Å². The zero-order valence-electron chi connectivity index (χ0n) is 13.6. The Morgan fingerprint density at radius 2 is 1.81 bits per heavy atom. The number of nitro groups is 2. The molecule has 12 heteroatoms. The third-order valence-electron chi connectivity index (χ3n) is 3.28. The molecule has 0 saturated heterocycles. The summed E-state index contributed by atoms with van der Waals surface area (Å²) >= 11 is 11.7. The van der Waals surface area contributed by atoms with Gasteiger partial charge >= 0.3 is 5.69 Å². The molecule has 0 saturated carbocycles. The van der Waals surface area contributed by atoms with Gasteiger partial charge in [0, 0.05) is 11.1 Å². The van der Waals surface area contributed by atoms with E-state index in [1.807, 2.05) is 0 Å². The summed E-state index contributed by atoms with van der Waals surface area (Å²) in [6, 6.07) is 7.42. The molecule has 0 fully saturated rings. The van der Waals surface area contributed by atoms with E-state index in [0.29, 0.717) is 5.02 Å². The number of non-ortho nitro benzene ring substituents is 1. The molecule has 0 aliphatic heterocycles. The average molecular weight is 415 g/mol. The van der Waals surface area contributed by atoms with Crippen molar-refractivity contribution in [1.82, 2.24) is 5.43 Å². The molecular weight excluding hydrogens is 403 g/mol. The number of benzene rings is 2. The number of rotatable bonds is 7. The number of nitrogens with zero attached hydrogens (tertiary/aromatic N) is 2. The Morgan fingerprint density at radius 3 is 2.41 bits per heavy atom. The van der Waals surface area contributed by atoms with Crippen molar-refractivity contribution < 1.29 is 19.4 Å². The van der Waals surface area contributed by atoms with Crippen LogP contribution in [0, 0.1) is 20.2 Å². The zero-order valence-corrected chi connectivity index (χ0v) is 15.2. The van der Waals surface area contributed by atoms with Crippen LogP contribution in [0.25, 0.3) is 0 Å². The van der Waals surface area contributed by atoms with Crippen molar-refractivity contribution in [2.24, 2.45) is 0 Å². The molecule has 0 aliphatic rings. The fraction of sp³-hybridized carbons (Fsp3) is 0.133. The molecule has 2 aromatic carbocycles. The molecule has 27 heavy (non-hydrogen) atoms. The fourth-order valence-corrected chi connectivity index (χ4v) is 2.39. The highest BCUT2D eigenvalue weighted by Gasteiger charge is 2.21. The van der Waals surface area contributed by atoms with E-state index in [2.05, 4.69) is 10.9 Å². The smallest absolute Gasteiger partial charge is 0.300 e. The number of nitrogens with one attached hydrogen (secondary N) is 2. The maximum absolute atomic E-state index is 12.1. The lowest BCUT2D eigenvalue weighted by atomic mass is 10.2. The number of nitro benzene ring substituents is 2. The third kappa shape index (κ3) is 5.19. The van der Waals surface area contributed by atoms with Crippen molar-refractivity contribution in [3.05, 3.63) is 66.7 Å². The summed E-state index contributed by atoms with van der Waals surface area (Å²) in [7, 11) is 0. The molecule has 142 valence electrons. The van der Waals surface area contributed by atoms with Gasteiger partial charge in [-0.2, -0.15) is 0 Å². The van der Waals surface area contributed by atoms with Gasteiger partial charge in [0.2, 0.25) is 0 Å². The first-order valence-corrected chi connectivity index (χ1v) is 8.05. The molecule has 0 aromatic heterocycles. The number of halogens is 2. The zero-order chi connectivity index (χ0) is 20.1. The number of ether oxygens (including phenoxy) is 1. The van der Waals surface area contributed by atoms with Crippen LogP contribution in [0.2, 0.25) is 10.0 Å². The number of amides is 1. The molecule has 0 radical (unpaired) electrons. The monoisotopic (exact) mass is 414 g/mol. The van der Waals surface area contributed by atoms with Gasteiger partial charge in [0.25, 0.3) is 11.6 Å². The molecule has 0 heterocycles. The summed E-state index contributed by atoms with van der Waals surface area (Å²) in [6.45, 7) is 1.44. The molecule has 10 nitrogen and oxygen atoms in total. The molecule has 2 N–H and O–H groups in total. The number of carbonyl (C=O) groups is 1. The Labute approximate surface area is 162 Å². The number of hydrazine groups is 1. The molecule has 0 aliphatic carbocycles. The molecule has 2 rings (SSSR count). The van der Waals surface area contributed by atoms with Crippen molar-refractivity contribution in [2.75, 3.05) is 5.43 Å². The summed E-state index contributed by atoms with van der Waals surface area (Å²) in [5.41, 5.74) is 3.44. The number of hydrogen-bond donors (Lipinski definition) is 2. The summed E-state index contributed by atoms with van der Waals surface area (Å²) in [6.07, 6.45) is -1.01. The molecule has 1 atom stereocenters. The third-order valence-corrected chi connectivity index (χ3v) is 3.81. The van der Waals surface area contributed by atoms with E-state index in [0.717, 1.165) is 18.2 Å². The van der Waals surface area contributed by atoms with Crippen LogP contribution in [0.3, 0.4) is 0 Å². The van der Waals surface area contributed by atoms with E-state index < -0.39 is 33.2 Å². The quantitative estimate of drug-likeness (QED) is 0.519. The minimum absolute atomic E-state index is 0.129. The second-order valence-corrected chi connectivity index (χ2v) is 6.01. The Bertz CT molecular complexity index is 908. The lowest BCUT2D eigenvalue weighted by Crippen LogP contribution is -2.39. The molecule has 2 aromatic rings. The van der Waals surface area contributed by atoms with Crippen LogP contribution in [0.15, 0.2) is 36.4 Å². The van der Waals surface area contributed by atoms with Crippen LogP contribution in [0.4, 0.5) is 17.1 Å². The van der Waals surface area contributed by atoms with Gasteiger partial charge in [-0.1, -0.05) is 23.2 Å². The Balaban J connectivity index is 2.06. The Kier molecular flexibility index (Phi) is 6.37. The van der Waals surface area contributed by atoms with Gasteiger partial charge in [-0.15, -0.1) is 0 Å². The van der Waals surface area contributed by atoms with E-state index in [1.54, 1.807) is 0 Å². The molecule has 0 bridgehead atoms. The molecule has 0 spiro atoms. The van der Waals surface area contributed by atoms with Gasteiger partial charge in [-0.3, -0.25) is 35.9 Å². The maximum Gasteiger partial charge on any atom is 0.300 e. The van der Waals surface area contributed by atoms with E-state index in [1.165, 1.54) is 25.1 Å². The van der Waals surface area contributed by atoms with Crippen LogP contribution >= 0.6 is 23.2 Å². The second kappa shape index (κ2) is 8.52.